The summed E-state index contributed by atoms with van der Waals surface area (Å²) in [5, 5.41) is 0. The summed E-state index contributed by atoms with van der Waals surface area (Å²) in [7, 11) is 1.64. The summed E-state index contributed by atoms with van der Waals surface area (Å²) in [6.45, 7) is 17.2. The minimum Gasteiger partial charge on any atom is -0.458 e. The van der Waals surface area contributed by atoms with Gasteiger partial charge >= 0.3 is 5.97 Å². The Bertz CT molecular complexity index is 607. The summed E-state index contributed by atoms with van der Waals surface area (Å²) in [5.41, 5.74) is -0.511. The first-order chi connectivity index (χ1) is 22.5. The van der Waals surface area contributed by atoms with E-state index in [2.05, 4.69) is 0 Å². The number of carbonyl (C=O) groups excluding carboxylic acids is 1. The molecule has 0 spiro atoms. The predicted octanol–water partition coefficient (Wildman–Crippen LogP) is 1.17. The van der Waals surface area contributed by atoms with Gasteiger partial charge < -0.3 is 66.3 Å². The number of esters is 1. The van der Waals surface area contributed by atoms with Crippen LogP contribution in [0.5, 0.6) is 0 Å². The van der Waals surface area contributed by atoms with Gasteiger partial charge in [0.2, 0.25) is 0 Å². The average Bonchev–Trinajstić information content (AvgIpc) is 3.01. The zero-order valence-electron chi connectivity index (χ0n) is 28.8. The first kappa shape index (κ1) is 45.0. The van der Waals surface area contributed by atoms with Gasteiger partial charge in [-0.05, 0) is 20.8 Å². The molecule has 0 unspecified atom stereocenters. The van der Waals surface area contributed by atoms with E-state index in [9.17, 15) is 4.79 Å². The molecule has 15 heteroatoms. The minimum atomic E-state index is -0.511. The summed E-state index contributed by atoms with van der Waals surface area (Å²) in [4.78, 5) is 11.5. The summed E-state index contributed by atoms with van der Waals surface area (Å²) in [6.07, 6.45) is 0. The monoisotopic (exact) mass is 674 g/mol. The van der Waals surface area contributed by atoms with Crippen molar-refractivity contribution in [3.8, 4) is 0 Å². The standard InChI is InChI=1S/C31H62O15/c1-31(2,3)46-30(32)29-45-28-27-44-26-25-43-24-23-42-22-21-41-20-19-40-18-17-39-16-15-38-14-13-37-12-11-36-10-9-35-8-7-34-6-5-33-4/h5-29H2,1-4H3. The van der Waals surface area contributed by atoms with Crippen LogP contribution < -0.4 is 0 Å². The van der Waals surface area contributed by atoms with Crippen LogP contribution in [0, 0.1) is 0 Å². The molecule has 0 aromatic carbocycles. The third-order valence-electron chi connectivity index (χ3n) is 5.16. The molecule has 0 atom stereocenters. The van der Waals surface area contributed by atoms with Crippen LogP contribution in [0.1, 0.15) is 20.8 Å². The van der Waals surface area contributed by atoms with Gasteiger partial charge in [-0.2, -0.15) is 0 Å². The second-order valence-electron chi connectivity index (χ2n) is 10.4. The molecule has 0 aromatic heterocycles. The van der Waals surface area contributed by atoms with Crippen LogP contribution in [-0.4, -0.2) is 184 Å². The number of rotatable bonds is 38. The molecule has 0 radical (unpaired) electrons. The van der Waals surface area contributed by atoms with E-state index in [1.54, 1.807) is 7.11 Å². The van der Waals surface area contributed by atoms with E-state index < -0.39 is 5.60 Å². The Morgan fingerprint density at radius 3 is 0.739 bits per heavy atom. The Kier molecular flexibility index (Phi) is 35.9. The quantitative estimate of drug-likeness (QED) is 0.0682. The Morgan fingerprint density at radius 2 is 0.543 bits per heavy atom. The van der Waals surface area contributed by atoms with Crippen LogP contribution in [0.25, 0.3) is 0 Å². The second kappa shape index (κ2) is 36.8. The third kappa shape index (κ3) is 41.0. The van der Waals surface area contributed by atoms with E-state index in [1.807, 2.05) is 20.8 Å². The molecule has 0 aliphatic heterocycles. The number of ether oxygens (including phenoxy) is 14. The molecular weight excluding hydrogens is 612 g/mol. The topological polar surface area (TPSA) is 146 Å². The molecule has 0 rings (SSSR count). The zero-order valence-corrected chi connectivity index (χ0v) is 28.8. The SMILES string of the molecule is COCCOCCOCCOCCOCCOCCOCCOCCOCCOCCOCCOCCOCC(=O)OC(C)(C)C. The maximum Gasteiger partial charge on any atom is 0.332 e. The maximum atomic E-state index is 11.5. The van der Waals surface area contributed by atoms with Gasteiger partial charge in [0.05, 0.1) is 159 Å². The smallest absolute Gasteiger partial charge is 0.332 e. The van der Waals surface area contributed by atoms with Crippen molar-refractivity contribution in [3.63, 3.8) is 0 Å². The van der Waals surface area contributed by atoms with Crippen molar-refractivity contribution in [1.29, 1.82) is 0 Å². The van der Waals surface area contributed by atoms with Crippen LogP contribution >= 0.6 is 0 Å². The molecule has 46 heavy (non-hydrogen) atoms. The van der Waals surface area contributed by atoms with Crippen molar-refractivity contribution in [2.24, 2.45) is 0 Å². The van der Waals surface area contributed by atoms with Gasteiger partial charge in [0, 0.05) is 7.11 Å². The van der Waals surface area contributed by atoms with Gasteiger partial charge in [-0.15, -0.1) is 0 Å². The Balaban J connectivity index is 3.09. The highest BCUT2D eigenvalue weighted by atomic mass is 16.6. The first-order valence-corrected chi connectivity index (χ1v) is 16.1. The Labute approximate surface area is 275 Å². The van der Waals surface area contributed by atoms with E-state index >= 15 is 0 Å². The largest absolute Gasteiger partial charge is 0.458 e. The van der Waals surface area contributed by atoms with Gasteiger partial charge in [0.1, 0.15) is 12.2 Å². The molecule has 0 bridgehead atoms. The molecule has 0 aromatic rings. The van der Waals surface area contributed by atoms with Crippen molar-refractivity contribution in [1.82, 2.24) is 0 Å². The molecule has 0 saturated carbocycles. The number of hydrogen-bond acceptors (Lipinski definition) is 15. The number of methoxy groups -OCH3 is 1. The molecular formula is C31H62O15. The van der Waals surface area contributed by atoms with Gasteiger partial charge in [-0.1, -0.05) is 0 Å². The molecule has 0 aliphatic carbocycles. The zero-order chi connectivity index (χ0) is 33.7. The van der Waals surface area contributed by atoms with Crippen molar-refractivity contribution < 1.29 is 71.1 Å². The Morgan fingerprint density at radius 1 is 0.348 bits per heavy atom. The fourth-order valence-corrected chi connectivity index (χ4v) is 3.09. The van der Waals surface area contributed by atoms with Crippen molar-refractivity contribution in [3.05, 3.63) is 0 Å². The van der Waals surface area contributed by atoms with Crippen LogP contribution in [0.4, 0.5) is 0 Å². The molecule has 0 saturated heterocycles. The Hall–Kier alpha value is -1.05. The highest BCUT2D eigenvalue weighted by Crippen LogP contribution is 2.06. The van der Waals surface area contributed by atoms with E-state index in [0.717, 1.165) is 0 Å². The molecule has 0 N–H and O–H groups in total. The summed E-state index contributed by atoms with van der Waals surface area (Å²) >= 11 is 0. The van der Waals surface area contributed by atoms with Crippen LogP contribution in [0.15, 0.2) is 0 Å². The van der Waals surface area contributed by atoms with Crippen LogP contribution in [0.3, 0.4) is 0 Å². The first-order valence-electron chi connectivity index (χ1n) is 16.1. The lowest BCUT2D eigenvalue weighted by Gasteiger charge is -2.19. The van der Waals surface area contributed by atoms with Crippen molar-refractivity contribution in [2.75, 3.05) is 172 Å². The lowest BCUT2D eigenvalue weighted by molar-refractivity contribution is -0.160. The van der Waals surface area contributed by atoms with Crippen molar-refractivity contribution in [2.45, 2.75) is 26.4 Å². The highest BCUT2D eigenvalue weighted by Gasteiger charge is 2.15. The maximum absolute atomic E-state index is 11.5. The van der Waals surface area contributed by atoms with Crippen LogP contribution in [-0.2, 0) is 71.1 Å². The molecule has 15 nitrogen and oxygen atoms in total. The van der Waals surface area contributed by atoms with Gasteiger partial charge in [0.25, 0.3) is 0 Å². The van der Waals surface area contributed by atoms with Crippen molar-refractivity contribution >= 4 is 5.97 Å². The van der Waals surface area contributed by atoms with Gasteiger partial charge in [-0.25, -0.2) is 4.79 Å². The summed E-state index contributed by atoms with van der Waals surface area (Å²) in [5.74, 6) is -0.387. The molecule has 0 heterocycles. The number of hydrogen-bond donors (Lipinski definition) is 0. The lowest BCUT2D eigenvalue weighted by atomic mass is 10.2. The number of carbonyl (C=O) groups is 1. The fourth-order valence-electron chi connectivity index (χ4n) is 3.09. The summed E-state index contributed by atoms with van der Waals surface area (Å²) in [6, 6.07) is 0. The van der Waals surface area contributed by atoms with E-state index in [0.29, 0.717) is 159 Å². The molecule has 0 fully saturated rings. The normalized spacial score (nSPS) is 11.8. The van der Waals surface area contributed by atoms with E-state index in [1.165, 1.54) is 0 Å². The van der Waals surface area contributed by atoms with Crippen LogP contribution in [0.2, 0.25) is 0 Å². The average molecular weight is 675 g/mol. The molecule has 0 amide bonds. The summed E-state index contributed by atoms with van der Waals surface area (Å²) < 4.78 is 75.0. The van der Waals surface area contributed by atoms with E-state index in [-0.39, 0.29) is 12.6 Å². The van der Waals surface area contributed by atoms with E-state index in [4.69, 9.17) is 66.3 Å². The van der Waals surface area contributed by atoms with Gasteiger partial charge in [-0.3, -0.25) is 0 Å². The minimum absolute atomic E-state index is 0.0837. The fraction of sp³-hybridized carbons (Fsp3) is 0.968. The van der Waals surface area contributed by atoms with Gasteiger partial charge in [0.15, 0.2) is 0 Å². The third-order valence-corrected chi connectivity index (χ3v) is 5.16. The molecule has 276 valence electrons. The lowest BCUT2D eigenvalue weighted by Crippen LogP contribution is -2.27. The highest BCUT2D eigenvalue weighted by molar-refractivity contribution is 5.71. The predicted molar refractivity (Wildman–Crippen MR) is 168 cm³/mol. The second-order valence-corrected chi connectivity index (χ2v) is 10.4. The molecule has 0 aliphatic rings.